The first kappa shape index (κ1) is 10.7. The predicted molar refractivity (Wildman–Crippen MR) is 61.8 cm³/mol. The first-order valence-corrected chi connectivity index (χ1v) is 5.82. The van der Waals surface area contributed by atoms with Gasteiger partial charge in [0.1, 0.15) is 0 Å². The lowest BCUT2D eigenvalue weighted by Gasteiger charge is -2.22. The molecule has 1 aliphatic carbocycles. The summed E-state index contributed by atoms with van der Waals surface area (Å²) in [6.07, 6.45) is 2.97. The molecule has 82 valence electrons. The van der Waals surface area contributed by atoms with Crippen molar-refractivity contribution in [1.82, 2.24) is 5.32 Å². The molecular weight excluding hydrogens is 186 g/mol. The Labute approximate surface area is 91.3 Å². The minimum Gasteiger partial charge on any atom is -0.387 e. The Hall–Kier alpha value is -0.860. The van der Waals surface area contributed by atoms with Gasteiger partial charge in [0.25, 0.3) is 0 Å². The Bertz CT molecular complexity index is 324. The summed E-state index contributed by atoms with van der Waals surface area (Å²) in [6, 6.07) is 8.47. The maximum atomic E-state index is 10.3. The van der Waals surface area contributed by atoms with Crippen molar-refractivity contribution in [2.75, 3.05) is 6.54 Å². The molecule has 2 N–H and O–H groups in total. The number of fused-ring (bicyclic) bond motifs is 1. The van der Waals surface area contributed by atoms with Crippen LogP contribution < -0.4 is 5.32 Å². The zero-order valence-corrected chi connectivity index (χ0v) is 9.24. The van der Waals surface area contributed by atoms with Gasteiger partial charge in [0.15, 0.2) is 0 Å². The molecule has 2 atom stereocenters. The van der Waals surface area contributed by atoms with Crippen LogP contribution in [0.2, 0.25) is 0 Å². The molecule has 0 saturated carbocycles. The van der Waals surface area contributed by atoms with Crippen molar-refractivity contribution in [3.05, 3.63) is 35.4 Å². The van der Waals surface area contributed by atoms with E-state index in [9.17, 15) is 5.11 Å². The highest BCUT2D eigenvalue weighted by Crippen LogP contribution is 2.28. The lowest BCUT2D eigenvalue weighted by Crippen LogP contribution is -2.34. The number of aliphatic hydroxyl groups excluding tert-OH is 1. The van der Waals surface area contributed by atoms with Crippen molar-refractivity contribution >= 4 is 0 Å². The second-order valence-electron chi connectivity index (χ2n) is 4.20. The van der Waals surface area contributed by atoms with Crippen LogP contribution in [0.4, 0.5) is 0 Å². The molecule has 2 nitrogen and oxygen atoms in total. The maximum absolute atomic E-state index is 10.3. The van der Waals surface area contributed by atoms with Crippen LogP contribution in [0.5, 0.6) is 0 Å². The highest BCUT2D eigenvalue weighted by Gasteiger charge is 2.24. The minimum atomic E-state index is -0.344. The third-order valence-electron chi connectivity index (χ3n) is 3.18. The first-order valence-electron chi connectivity index (χ1n) is 5.82. The Morgan fingerprint density at radius 2 is 2.20 bits per heavy atom. The second-order valence-corrected chi connectivity index (χ2v) is 4.20. The highest BCUT2D eigenvalue weighted by atomic mass is 16.3. The molecule has 1 aromatic carbocycles. The largest absolute Gasteiger partial charge is 0.387 e. The van der Waals surface area contributed by atoms with E-state index in [1.165, 1.54) is 5.56 Å². The van der Waals surface area contributed by atoms with Gasteiger partial charge in [0.05, 0.1) is 6.10 Å². The number of aryl methyl sites for hydroxylation is 1. The zero-order valence-electron chi connectivity index (χ0n) is 9.24. The van der Waals surface area contributed by atoms with Crippen molar-refractivity contribution in [3.8, 4) is 0 Å². The lowest BCUT2D eigenvalue weighted by atomic mass is 9.99. The van der Waals surface area contributed by atoms with Gasteiger partial charge in [-0.25, -0.2) is 0 Å². The summed E-state index contributed by atoms with van der Waals surface area (Å²) < 4.78 is 0. The van der Waals surface area contributed by atoms with Crippen molar-refractivity contribution in [2.45, 2.75) is 38.3 Å². The van der Waals surface area contributed by atoms with Crippen LogP contribution >= 0.6 is 0 Å². The summed E-state index contributed by atoms with van der Waals surface area (Å²) >= 11 is 0. The minimum absolute atomic E-state index is 0.221. The highest BCUT2D eigenvalue weighted by molar-refractivity contribution is 5.31. The number of likely N-dealkylation sites (N-methyl/N-ethyl adjacent to an activating group) is 1. The van der Waals surface area contributed by atoms with Crippen LogP contribution in [0.15, 0.2) is 24.3 Å². The van der Waals surface area contributed by atoms with E-state index in [-0.39, 0.29) is 12.1 Å². The smallest absolute Gasteiger partial charge is 0.0945 e. The molecule has 0 fully saturated rings. The molecule has 15 heavy (non-hydrogen) atoms. The van der Waals surface area contributed by atoms with Gasteiger partial charge in [0.2, 0.25) is 0 Å². The fourth-order valence-corrected chi connectivity index (χ4v) is 2.41. The number of rotatable bonds is 2. The first-order chi connectivity index (χ1) is 7.33. The van der Waals surface area contributed by atoms with Crippen LogP contribution in [0, 0.1) is 0 Å². The number of hydrogen-bond donors (Lipinski definition) is 2. The molecule has 0 unspecified atom stereocenters. The molecule has 1 aromatic rings. The van der Waals surface area contributed by atoms with Crippen LogP contribution in [-0.2, 0) is 6.42 Å². The van der Waals surface area contributed by atoms with Crippen LogP contribution in [0.1, 0.15) is 37.0 Å². The second kappa shape index (κ2) is 4.77. The van der Waals surface area contributed by atoms with Crippen LogP contribution in [0.25, 0.3) is 0 Å². The molecule has 2 rings (SSSR count). The topological polar surface area (TPSA) is 32.3 Å². The van der Waals surface area contributed by atoms with Crippen LogP contribution in [-0.4, -0.2) is 17.7 Å². The number of nitrogens with one attached hydrogen (secondary N) is 1. The van der Waals surface area contributed by atoms with Gasteiger partial charge in [-0.15, -0.1) is 0 Å². The van der Waals surface area contributed by atoms with E-state index < -0.39 is 0 Å². The summed E-state index contributed by atoms with van der Waals surface area (Å²) in [5, 5.41) is 13.6. The van der Waals surface area contributed by atoms with E-state index in [4.69, 9.17) is 0 Å². The van der Waals surface area contributed by atoms with Gasteiger partial charge < -0.3 is 10.4 Å². The Kier molecular flexibility index (Phi) is 3.39. The molecule has 0 bridgehead atoms. The van der Waals surface area contributed by atoms with E-state index in [1.54, 1.807) is 0 Å². The fourth-order valence-electron chi connectivity index (χ4n) is 2.41. The molecule has 0 spiro atoms. The molecule has 0 radical (unpaired) electrons. The molecule has 2 heteroatoms. The molecule has 0 amide bonds. The van der Waals surface area contributed by atoms with Gasteiger partial charge in [-0.1, -0.05) is 31.2 Å². The van der Waals surface area contributed by atoms with E-state index >= 15 is 0 Å². The summed E-state index contributed by atoms with van der Waals surface area (Å²) in [5.41, 5.74) is 2.42. The van der Waals surface area contributed by atoms with Crippen molar-refractivity contribution in [3.63, 3.8) is 0 Å². The third-order valence-corrected chi connectivity index (χ3v) is 3.18. The average Bonchev–Trinajstić information content (AvgIpc) is 2.41. The van der Waals surface area contributed by atoms with E-state index in [2.05, 4.69) is 30.4 Å². The number of hydrogen-bond acceptors (Lipinski definition) is 2. The predicted octanol–water partition coefficient (Wildman–Crippen LogP) is 2.03. The molecule has 1 aliphatic rings. The van der Waals surface area contributed by atoms with E-state index in [0.717, 1.165) is 31.4 Å². The van der Waals surface area contributed by atoms with Gasteiger partial charge in [-0.3, -0.25) is 0 Å². The van der Waals surface area contributed by atoms with Crippen LogP contribution in [0.3, 0.4) is 0 Å². The SMILES string of the molecule is CCN[C@H]1CCCc2ccccc2[C@@H]1O. The Balaban J connectivity index is 2.26. The van der Waals surface area contributed by atoms with Gasteiger partial charge in [0, 0.05) is 6.04 Å². The van der Waals surface area contributed by atoms with Crippen molar-refractivity contribution in [2.24, 2.45) is 0 Å². The standard InChI is InChI=1S/C13H19NO/c1-2-14-12-9-5-7-10-6-3-4-8-11(10)13(12)15/h3-4,6,8,12-15H,2,5,7,9H2,1H3/t12-,13-/m0/s1. The van der Waals surface area contributed by atoms with Crippen molar-refractivity contribution < 1.29 is 5.11 Å². The summed E-state index contributed by atoms with van der Waals surface area (Å²) in [4.78, 5) is 0. The molecular formula is C13H19NO. The summed E-state index contributed by atoms with van der Waals surface area (Å²) in [6.45, 7) is 3.01. The van der Waals surface area contributed by atoms with E-state index in [1.807, 2.05) is 6.07 Å². The monoisotopic (exact) mass is 205 g/mol. The Morgan fingerprint density at radius 1 is 1.40 bits per heavy atom. The fraction of sp³-hybridized carbons (Fsp3) is 0.538. The zero-order chi connectivity index (χ0) is 10.7. The van der Waals surface area contributed by atoms with Crippen molar-refractivity contribution in [1.29, 1.82) is 0 Å². The maximum Gasteiger partial charge on any atom is 0.0945 e. The molecule has 0 aliphatic heterocycles. The molecule has 0 saturated heterocycles. The van der Waals surface area contributed by atoms with Gasteiger partial charge in [-0.05, 0) is 36.9 Å². The average molecular weight is 205 g/mol. The summed E-state index contributed by atoms with van der Waals surface area (Å²) in [7, 11) is 0. The third kappa shape index (κ3) is 2.21. The molecule has 0 aromatic heterocycles. The number of aliphatic hydroxyl groups is 1. The Morgan fingerprint density at radius 3 is 3.00 bits per heavy atom. The van der Waals surface area contributed by atoms with Gasteiger partial charge in [-0.2, -0.15) is 0 Å². The number of benzene rings is 1. The summed E-state index contributed by atoms with van der Waals surface area (Å²) in [5.74, 6) is 0. The normalized spacial score (nSPS) is 25.7. The lowest BCUT2D eigenvalue weighted by molar-refractivity contribution is 0.127. The van der Waals surface area contributed by atoms with E-state index in [0.29, 0.717) is 0 Å². The van der Waals surface area contributed by atoms with Gasteiger partial charge >= 0.3 is 0 Å². The quantitative estimate of drug-likeness (QED) is 0.724. The molecule has 0 heterocycles.